The van der Waals surface area contributed by atoms with Crippen LogP contribution in [0.25, 0.3) is 0 Å². The number of esters is 3. The van der Waals surface area contributed by atoms with Gasteiger partial charge in [0.25, 0.3) is 0 Å². The summed E-state index contributed by atoms with van der Waals surface area (Å²) < 4.78 is 16.7. The lowest BCUT2D eigenvalue weighted by Gasteiger charge is -2.18. The van der Waals surface area contributed by atoms with Crippen molar-refractivity contribution in [1.29, 1.82) is 0 Å². The molecule has 67 heavy (non-hydrogen) atoms. The van der Waals surface area contributed by atoms with E-state index >= 15 is 0 Å². The van der Waals surface area contributed by atoms with Crippen LogP contribution < -0.4 is 0 Å². The zero-order valence-corrected chi connectivity index (χ0v) is 42.9. The van der Waals surface area contributed by atoms with E-state index in [1.165, 1.54) is 38.5 Å². The maximum absolute atomic E-state index is 12.8. The number of hydrogen-bond acceptors (Lipinski definition) is 6. The Morgan fingerprint density at radius 2 is 0.567 bits per heavy atom. The maximum atomic E-state index is 12.8. The standard InChI is InChI=1S/C61H96O6/c1-4-7-10-13-16-19-22-25-28-30-31-32-34-36-39-42-45-48-51-54-60(63)66-57-58(56-65-59(62)53-50-47-44-41-38-35-27-24-21-18-15-12-9-6-3)67-61(64)55-52-49-46-43-40-37-33-29-26-23-20-17-14-11-8-5-2/h7-12,16-21,25-29,35,37,40,46,49,58H,4-6,13-15,22-24,30-34,36,38-39,41-45,47-48,50-57H2,1-3H3/b10-7-,11-8-,12-9-,19-16-,20-17-,21-18-,28-25-,29-26-,35-27-,40-37-,49-46-. The lowest BCUT2D eigenvalue weighted by Crippen LogP contribution is -2.30. The number of ether oxygens (including phenoxy) is 3. The van der Waals surface area contributed by atoms with E-state index in [1.807, 2.05) is 12.2 Å². The molecule has 0 saturated heterocycles. The van der Waals surface area contributed by atoms with Crippen molar-refractivity contribution in [1.82, 2.24) is 0 Å². The lowest BCUT2D eigenvalue weighted by atomic mass is 10.1. The Kier molecular flexibility index (Phi) is 50.6. The van der Waals surface area contributed by atoms with Gasteiger partial charge in [0.2, 0.25) is 0 Å². The Bertz CT molecular complexity index is 1480. The summed E-state index contributed by atoms with van der Waals surface area (Å²) in [6, 6.07) is 0. The topological polar surface area (TPSA) is 78.9 Å². The van der Waals surface area contributed by atoms with Crippen LogP contribution in [0.15, 0.2) is 134 Å². The lowest BCUT2D eigenvalue weighted by molar-refractivity contribution is -0.166. The van der Waals surface area contributed by atoms with E-state index in [4.69, 9.17) is 14.2 Å². The minimum Gasteiger partial charge on any atom is -0.462 e. The van der Waals surface area contributed by atoms with Crippen LogP contribution in [-0.4, -0.2) is 37.2 Å². The number of rotatable bonds is 46. The van der Waals surface area contributed by atoms with Crippen molar-refractivity contribution in [2.45, 2.75) is 219 Å². The summed E-state index contributed by atoms with van der Waals surface area (Å²) in [5.41, 5.74) is 0. The van der Waals surface area contributed by atoms with Crippen LogP contribution in [0, 0.1) is 0 Å². The minimum atomic E-state index is -0.834. The summed E-state index contributed by atoms with van der Waals surface area (Å²) >= 11 is 0. The largest absolute Gasteiger partial charge is 0.462 e. The Morgan fingerprint density at radius 1 is 0.299 bits per heavy atom. The molecule has 0 heterocycles. The van der Waals surface area contributed by atoms with E-state index in [-0.39, 0.29) is 31.6 Å². The molecule has 0 aliphatic carbocycles. The van der Waals surface area contributed by atoms with Gasteiger partial charge in [0.1, 0.15) is 13.2 Å². The van der Waals surface area contributed by atoms with E-state index in [2.05, 4.69) is 142 Å². The summed E-state index contributed by atoms with van der Waals surface area (Å²) in [6.07, 6.45) is 75.9. The summed E-state index contributed by atoms with van der Waals surface area (Å²) in [4.78, 5) is 38.0. The van der Waals surface area contributed by atoms with Crippen molar-refractivity contribution < 1.29 is 28.6 Å². The summed E-state index contributed by atoms with van der Waals surface area (Å²) in [7, 11) is 0. The van der Waals surface area contributed by atoms with Crippen LogP contribution in [0.4, 0.5) is 0 Å². The fourth-order valence-corrected chi connectivity index (χ4v) is 6.75. The fourth-order valence-electron chi connectivity index (χ4n) is 6.75. The van der Waals surface area contributed by atoms with Gasteiger partial charge in [-0.1, -0.05) is 212 Å². The first-order valence-corrected chi connectivity index (χ1v) is 26.7. The second kappa shape index (κ2) is 54.2. The smallest absolute Gasteiger partial charge is 0.306 e. The molecular formula is C61H96O6. The molecule has 1 unspecified atom stereocenters. The van der Waals surface area contributed by atoms with Gasteiger partial charge in [-0.05, 0) is 116 Å². The van der Waals surface area contributed by atoms with E-state index in [9.17, 15) is 14.4 Å². The highest BCUT2D eigenvalue weighted by Crippen LogP contribution is 2.13. The molecule has 6 nitrogen and oxygen atoms in total. The average molecular weight is 925 g/mol. The summed E-state index contributed by atoms with van der Waals surface area (Å²) in [6.45, 7) is 6.20. The van der Waals surface area contributed by atoms with Crippen molar-refractivity contribution in [2.24, 2.45) is 0 Å². The SMILES string of the molecule is CC/C=C\C/C=C\C/C=C\C/C=C\C/C=C\CCC(=O)OC(COC(=O)CCCCCC/C=C\C/C=C\C/C=C\CC)COC(=O)CCCCCCCCCCC/C=C\C/C=C\C/C=C\CC. The Balaban J connectivity index is 4.53. The van der Waals surface area contributed by atoms with Gasteiger partial charge in [0, 0.05) is 19.3 Å². The van der Waals surface area contributed by atoms with E-state index in [0.717, 1.165) is 128 Å². The van der Waals surface area contributed by atoms with Crippen molar-refractivity contribution in [3.05, 3.63) is 134 Å². The van der Waals surface area contributed by atoms with Crippen LogP contribution in [0.1, 0.15) is 213 Å². The average Bonchev–Trinajstić information content (AvgIpc) is 3.33. The Morgan fingerprint density at radius 3 is 0.896 bits per heavy atom. The van der Waals surface area contributed by atoms with Gasteiger partial charge in [-0.3, -0.25) is 14.4 Å². The van der Waals surface area contributed by atoms with Gasteiger partial charge < -0.3 is 14.2 Å². The van der Waals surface area contributed by atoms with Gasteiger partial charge in [0.05, 0.1) is 0 Å². The predicted octanol–water partition coefficient (Wildman–Crippen LogP) is 17.9. The van der Waals surface area contributed by atoms with E-state index < -0.39 is 12.1 Å². The monoisotopic (exact) mass is 925 g/mol. The van der Waals surface area contributed by atoms with Crippen molar-refractivity contribution in [2.75, 3.05) is 13.2 Å². The molecule has 0 aromatic rings. The Labute approximate surface area is 411 Å². The van der Waals surface area contributed by atoms with Gasteiger partial charge in [-0.2, -0.15) is 0 Å². The predicted molar refractivity (Wildman–Crippen MR) is 288 cm³/mol. The van der Waals surface area contributed by atoms with Crippen LogP contribution in [0.2, 0.25) is 0 Å². The quantitative estimate of drug-likeness (QED) is 0.0262. The molecule has 0 amide bonds. The molecule has 0 saturated carbocycles. The molecule has 0 spiro atoms. The number of carbonyl (C=O) groups excluding carboxylic acids is 3. The highest BCUT2D eigenvalue weighted by molar-refractivity contribution is 5.71. The number of carbonyl (C=O) groups is 3. The molecule has 0 rings (SSSR count). The van der Waals surface area contributed by atoms with E-state index in [0.29, 0.717) is 19.3 Å². The van der Waals surface area contributed by atoms with E-state index in [1.54, 1.807) is 0 Å². The van der Waals surface area contributed by atoms with Gasteiger partial charge in [-0.15, -0.1) is 0 Å². The van der Waals surface area contributed by atoms with Crippen molar-refractivity contribution in [3.63, 3.8) is 0 Å². The van der Waals surface area contributed by atoms with Gasteiger partial charge in [0.15, 0.2) is 6.10 Å². The fraction of sp³-hybridized carbons (Fsp3) is 0.590. The van der Waals surface area contributed by atoms with Crippen LogP contribution in [-0.2, 0) is 28.6 Å². The third-order valence-electron chi connectivity index (χ3n) is 10.6. The molecule has 0 aliphatic rings. The molecule has 6 heteroatoms. The van der Waals surface area contributed by atoms with Crippen LogP contribution in [0.5, 0.6) is 0 Å². The normalized spacial score (nSPS) is 13.2. The highest BCUT2D eigenvalue weighted by Gasteiger charge is 2.19. The molecule has 0 fully saturated rings. The van der Waals surface area contributed by atoms with Gasteiger partial charge in [-0.25, -0.2) is 0 Å². The summed E-state index contributed by atoms with van der Waals surface area (Å²) in [5, 5.41) is 0. The van der Waals surface area contributed by atoms with Gasteiger partial charge >= 0.3 is 17.9 Å². The molecule has 0 aromatic carbocycles. The first kappa shape index (κ1) is 62.5. The van der Waals surface area contributed by atoms with Crippen LogP contribution in [0.3, 0.4) is 0 Å². The summed E-state index contributed by atoms with van der Waals surface area (Å²) in [5.74, 6) is -1.04. The Hall–Kier alpha value is -4.45. The molecule has 0 bridgehead atoms. The molecular weight excluding hydrogens is 829 g/mol. The van der Waals surface area contributed by atoms with Crippen molar-refractivity contribution in [3.8, 4) is 0 Å². The molecule has 0 aromatic heterocycles. The first-order chi connectivity index (χ1) is 33.0. The zero-order chi connectivity index (χ0) is 48.6. The molecule has 376 valence electrons. The zero-order valence-electron chi connectivity index (χ0n) is 42.9. The van der Waals surface area contributed by atoms with Crippen molar-refractivity contribution >= 4 is 17.9 Å². The third kappa shape index (κ3) is 52.4. The molecule has 0 radical (unpaired) electrons. The number of hydrogen-bond donors (Lipinski definition) is 0. The molecule has 0 aliphatic heterocycles. The molecule has 1 atom stereocenters. The second-order valence-corrected chi connectivity index (χ2v) is 17.0. The highest BCUT2D eigenvalue weighted by atomic mass is 16.6. The third-order valence-corrected chi connectivity index (χ3v) is 10.6. The number of unbranched alkanes of at least 4 members (excludes halogenated alkanes) is 13. The van der Waals surface area contributed by atoms with Crippen LogP contribution >= 0.6 is 0 Å². The first-order valence-electron chi connectivity index (χ1n) is 26.7. The second-order valence-electron chi connectivity index (χ2n) is 17.0. The minimum absolute atomic E-state index is 0.123. The number of allylic oxidation sites excluding steroid dienone is 22. The maximum Gasteiger partial charge on any atom is 0.306 e. The molecule has 0 N–H and O–H groups in total.